The number of nitrogens with one attached hydrogen (secondary N) is 1. The van der Waals surface area contributed by atoms with E-state index in [0.29, 0.717) is 53.0 Å². The number of hydrogen-bond donors (Lipinski definition) is 1. The lowest BCUT2D eigenvalue weighted by Crippen LogP contribution is -2.62. The van der Waals surface area contributed by atoms with Crippen LogP contribution in [0.25, 0.3) is 0 Å². The Morgan fingerprint density at radius 3 is 2.47 bits per heavy atom. The average molecular weight is 515 g/mol. The van der Waals surface area contributed by atoms with E-state index in [1.54, 1.807) is 0 Å². The molecule has 1 N–H and O–H groups in total. The minimum Gasteiger partial charge on any atom is -0.490 e. The SMILES string of the molecule is C[C@H]1C[C@H]2N(C)C(=O)CC[C@]2(C)[C@H]2CC[C@]3(C)C[C@@H](Oc4ccc(NC(=O)c5ccccc5)cc4)C[C@H]3[C@H]12. The van der Waals surface area contributed by atoms with Crippen molar-refractivity contribution in [3.63, 3.8) is 0 Å². The van der Waals surface area contributed by atoms with E-state index in [9.17, 15) is 9.59 Å². The van der Waals surface area contributed by atoms with Crippen LogP contribution in [-0.4, -0.2) is 35.9 Å². The van der Waals surface area contributed by atoms with Gasteiger partial charge in [-0.1, -0.05) is 39.0 Å². The first kappa shape index (κ1) is 25.5. The maximum Gasteiger partial charge on any atom is 0.255 e. The second-order valence-corrected chi connectivity index (χ2v) is 13.2. The number of rotatable bonds is 4. The molecule has 1 saturated heterocycles. The molecule has 6 rings (SSSR count). The van der Waals surface area contributed by atoms with E-state index in [1.807, 2.05) is 61.6 Å². The third-order valence-corrected chi connectivity index (χ3v) is 11.1. The maximum atomic E-state index is 12.5. The van der Waals surface area contributed by atoms with Crippen LogP contribution >= 0.6 is 0 Å². The zero-order chi connectivity index (χ0) is 26.7. The first-order valence-corrected chi connectivity index (χ1v) is 14.6. The number of hydrogen-bond acceptors (Lipinski definition) is 3. The lowest BCUT2D eigenvalue weighted by Gasteiger charge is -2.63. The van der Waals surface area contributed by atoms with Gasteiger partial charge >= 0.3 is 0 Å². The molecule has 1 heterocycles. The summed E-state index contributed by atoms with van der Waals surface area (Å²) in [4.78, 5) is 27.1. The van der Waals surface area contributed by atoms with Gasteiger partial charge in [0.15, 0.2) is 0 Å². The minimum atomic E-state index is -0.104. The number of nitrogens with zero attached hydrogens (tertiary/aromatic N) is 1. The normalized spacial score (nSPS) is 38.1. The highest BCUT2D eigenvalue weighted by atomic mass is 16.5. The number of benzene rings is 2. The molecule has 3 aliphatic carbocycles. The smallest absolute Gasteiger partial charge is 0.255 e. The van der Waals surface area contributed by atoms with Crippen LogP contribution in [0.3, 0.4) is 0 Å². The molecule has 2 aromatic carbocycles. The zero-order valence-corrected chi connectivity index (χ0v) is 23.3. The van der Waals surface area contributed by atoms with E-state index in [1.165, 1.54) is 12.8 Å². The molecule has 0 aromatic heterocycles. The lowest BCUT2D eigenvalue weighted by atomic mass is 9.45. The Bertz CT molecular complexity index is 1200. The fraction of sp³-hybridized carbons (Fsp3) is 0.576. The van der Waals surface area contributed by atoms with Gasteiger partial charge in [-0.05, 0) is 109 Å². The van der Waals surface area contributed by atoms with Gasteiger partial charge in [0.1, 0.15) is 5.75 Å². The van der Waals surface area contributed by atoms with Crippen molar-refractivity contribution in [3.8, 4) is 5.75 Å². The number of carbonyl (C=O) groups is 2. The standard InChI is InChI=1S/C33H42N2O3/c1-21-18-28-33(3,17-15-29(36)35(28)4)26-14-16-32(2)20-25(19-27(32)30(21)26)38-24-12-10-23(11-13-24)34-31(37)22-8-6-5-7-9-22/h5-13,21,25-28,30H,14-20H2,1-4H3,(H,34,37)/t21-,25-,26-,27-,28+,30+,32+,33+/m0/s1. The van der Waals surface area contributed by atoms with Crippen LogP contribution in [0.2, 0.25) is 0 Å². The summed E-state index contributed by atoms with van der Waals surface area (Å²) in [6, 6.07) is 17.5. The first-order chi connectivity index (χ1) is 18.2. The van der Waals surface area contributed by atoms with Gasteiger partial charge in [-0.15, -0.1) is 0 Å². The average Bonchev–Trinajstić information content (AvgIpc) is 3.25. The van der Waals surface area contributed by atoms with Gasteiger partial charge in [-0.25, -0.2) is 0 Å². The van der Waals surface area contributed by atoms with E-state index < -0.39 is 0 Å². The summed E-state index contributed by atoms with van der Waals surface area (Å²) < 4.78 is 6.59. The van der Waals surface area contributed by atoms with Gasteiger partial charge in [-0.2, -0.15) is 0 Å². The molecule has 4 aliphatic rings. The second kappa shape index (κ2) is 9.43. The van der Waals surface area contributed by atoms with E-state index in [2.05, 4.69) is 31.0 Å². The summed E-state index contributed by atoms with van der Waals surface area (Å²) in [7, 11) is 2.04. The molecule has 0 spiro atoms. The van der Waals surface area contributed by atoms with Crippen molar-refractivity contribution >= 4 is 17.5 Å². The Morgan fingerprint density at radius 2 is 1.74 bits per heavy atom. The monoisotopic (exact) mass is 514 g/mol. The van der Waals surface area contributed by atoms with Crippen LogP contribution in [-0.2, 0) is 4.79 Å². The van der Waals surface area contributed by atoms with Crippen molar-refractivity contribution in [2.45, 2.75) is 77.9 Å². The van der Waals surface area contributed by atoms with Crippen molar-refractivity contribution in [1.82, 2.24) is 4.90 Å². The molecule has 5 heteroatoms. The number of fused-ring (bicyclic) bond motifs is 5. The van der Waals surface area contributed by atoms with Crippen LogP contribution in [0.1, 0.15) is 76.1 Å². The topological polar surface area (TPSA) is 58.6 Å². The van der Waals surface area contributed by atoms with Crippen molar-refractivity contribution < 1.29 is 14.3 Å². The van der Waals surface area contributed by atoms with Crippen molar-refractivity contribution in [2.24, 2.45) is 34.5 Å². The van der Waals surface area contributed by atoms with Crippen molar-refractivity contribution in [2.75, 3.05) is 12.4 Å². The summed E-state index contributed by atoms with van der Waals surface area (Å²) in [5.74, 6) is 3.81. The highest BCUT2D eigenvalue weighted by Crippen LogP contribution is 2.66. The summed E-state index contributed by atoms with van der Waals surface area (Å²) in [6.45, 7) is 7.46. The third-order valence-electron chi connectivity index (χ3n) is 11.1. The highest BCUT2D eigenvalue weighted by Gasteiger charge is 2.62. The predicted octanol–water partition coefficient (Wildman–Crippen LogP) is 6.80. The Balaban J connectivity index is 1.14. The van der Waals surface area contributed by atoms with Crippen LogP contribution in [0, 0.1) is 34.5 Å². The van der Waals surface area contributed by atoms with E-state index in [0.717, 1.165) is 37.1 Å². The summed E-state index contributed by atoms with van der Waals surface area (Å²) in [5, 5.41) is 2.97. The molecule has 2 aromatic rings. The molecule has 4 fully saturated rings. The van der Waals surface area contributed by atoms with E-state index in [-0.39, 0.29) is 17.4 Å². The first-order valence-electron chi connectivity index (χ1n) is 14.6. The molecule has 202 valence electrons. The van der Waals surface area contributed by atoms with Crippen LogP contribution < -0.4 is 10.1 Å². The van der Waals surface area contributed by atoms with Gasteiger partial charge in [-0.3, -0.25) is 9.59 Å². The quantitative estimate of drug-likeness (QED) is 0.488. The molecule has 8 atom stereocenters. The number of piperidine rings is 1. The third kappa shape index (κ3) is 4.23. The van der Waals surface area contributed by atoms with Crippen molar-refractivity contribution in [1.29, 1.82) is 0 Å². The molecule has 5 nitrogen and oxygen atoms in total. The van der Waals surface area contributed by atoms with Gasteiger partial charge in [0.05, 0.1) is 6.10 Å². The number of ether oxygens (including phenoxy) is 1. The number of amides is 2. The van der Waals surface area contributed by atoms with E-state index in [4.69, 9.17) is 4.74 Å². The van der Waals surface area contributed by atoms with E-state index >= 15 is 0 Å². The summed E-state index contributed by atoms with van der Waals surface area (Å²) in [5.41, 5.74) is 1.98. The van der Waals surface area contributed by atoms with Crippen molar-refractivity contribution in [3.05, 3.63) is 60.2 Å². The highest BCUT2D eigenvalue weighted by molar-refractivity contribution is 6.04. The second-order valence-electron chi connectivity index (χ2n) is 13.2. The molecule has 0 unspecified atom stereocenters. The van der Waals surface area contributed by atoms with Crippen LogP contribution in [0.15, 0.2) is 54.6 Å². The number of carbonyl (C=O) groups excluding carboxylic acids is 2. The van der Waals surface area contributed by atoms with Gasteiger partial charge in [0, 0.05) is 30.8 Å². The Morgan fingerprint density at radius 1 is 1.00 bits per heavy atom. The molecular weight excluding hydrogens is 472 g/mol. The minimum absolute atomic E-state index is 0.104. The molecular formula is C33H42N2O3. The largest absolute Gasteiger partial charge is 0.490 e. The summed E-state index contributed by atoms with van der Waals surface area (Å²) in [6.07, 6.45) is 7.87. The molecule has 0 radical (unpaired) electrons. The Hall–Kier alpha value is -2.82. The fourth-order valence-corrected chi connectivity index (χ4v) is 9.15. The Kier molecular flexibility index (Phi) is 6.32. The number of likely N-dealkylation sites (tertiary alicyclic amines) is 1. The summed E-state index contributed by atoms with van der Waals surface area (Å²) >= 11 is 0. The molecule has 1 aliphatic heterocycles. The molecule has 38 heavy (non-hydrogen) atoms. The number of anilines is 1. The lowest BCUT2D eigenvalue weighted by molar-refractivity contribution is -0.164. The zero-order valence-electron chi connectivity index (χ0n) is 23.3. The maximum absolute atomic E-state index is 12.5. The molecule has 2 amide bonds. The van der Waals surface area contributed by atoms with Crippen LogP contribution in [0.5, 0.6) is 5.75 Å². The van der Waals surface area contributed by atoms with Gasteiger partial charge in [0.25, 0.3) is 5.91 Å². The fourth-order valence-electron chi connectivity index (χ4n) is 9.15. The Labute approximate surface area is 227 Å². The van der Waals surface area contributed by atoms with Crippen LogP contribution in [0.4, 0.5) is 5.69 Å². The molecule has 0 bridgehead atoms. The van der Waals surface area contributed by atoms with Gasteiger partial charge < -0.3 is 15.0 Å². The predicted molar refractivity (Wildman–Crippen MR) is 150 cm³/mol. The molecule has 3 saturated carbocycles. The van der Waals surface area contributed by atoms with Gasteiger partial charge in [0.2, 0.25) is 5.91 Å².